The monoisotopic (exact) mass is 184 g/mol. The summed E-state index contributed by atoms with van der Waals surface area (Å²) in [5.41, 5.74) is 0. The maximum absolute atomic E-state index is 9.31. The third-order valence-electron chi connectivity index (χ3n) is 0.258. The first-order valence-corrected chi connectivity index (χ1v) is 4.55. The summed E-state index contributed by atoms with van der Waals surface area (Å²) in [5.74, 6) is 0. The molecule has 0 aromatic heterocycles. The van der Waals surface area contributed by atoms with Crippen molar-refractivity contribution in [2.24, 2.45) is 0 Å². The second-order valence-corrected chi connectivity index (χ2v) is 5.00. The van der Waals surface area contributed by atoms with E-state index < -0.39 is 18.3 Å². The van der Waals surface area contributed by atoms with E-state index in [0.717, 1.165) is 0 Å². The van der Waals surface area contributed by atoms with Crippen LogP contribution < -0.4 is 29.6 Å². The van der Waals surface area contributed by atoms with Gasteiger partial charge in [-0.15, -0.1) is 0 Å². The van der Waals surface area contributed by atoms with Crippen LogP contribution in [-0.4, -0.2) is 25.9 Å². The van der Waals surface area contributed by atoms with Crippen LogP contribution in [0.1, 0.15) is 0 Å². The third-order valence-corrected chi connectivity index (χ3v) is 2.32. The van der Waals surface area contributed by atoms with Crippen LogP contribution in [0.25, 0.3) is 0 Å². The first-order chi connectivity index (χ1) is 3.25. The van der Waals surface area contributed by atoms with Gasteiger partial charge in [-0.25, -0.2) is 8.42 Å². The molecule has 9 heteroatoms. The van der Waals surface area contributed by atoms with E-state index in [9.17, 15) is 21.4 Å². The van der Waals surface area contributed by atoms with Crippen LogP contribution in [0.15, 0.2) is 0 Å². The predicted octanol–water partition coefficient (Wildman–Crippen LogP) is -4.66. The zero-order chi connectivity index (χ0) is 7.00. The van der Waals surface area contributed by atoms with Gasteiger partial charge in [-0.1, -0.05) is 0 Å². The van der Waals surface area contributed by atoms with E-state index in [4.69, 9.17) is 4.55 Å². The molecule has 0 amide bonds. The molecule has 0 saturated carbocycles. The average molecular weight is 184 g/mol. The van der Waals surface area contributed by atoms with Gasteiger partial charge in [0.2, 0.25) is 9.15 Å². The van der Waals surface area contributed by atoms with Crippen molar-refractivity contribution in [1.29, 1.82) is 0 Å². The summed E-state index contributed by atoms with van der Waals surface area (Å²) in [4.78, 5) is 0. The topological polar surface area (TPSA) is 112 Å². The van der Waals surface area contributed by atoms with Gasteiger partial charge in [0, 0.05) is 0 Å². The molecule has 0 atom stereocenters. The molecule has 6 nitrogen and oxygen atoms in total. The SMILES string of the molecule is O=S(=O)([O-])S(=O)(=O)O.[Na+]. The fourth-order valence-electron chi connectivity index (χ4n) is 0. The summed E-state index contributed by atoms with van der Waals surface area (Å²) >= 11 is 0. The molecule has 0 heterocycles. The van der Waals surface area contributed by atoms with E-state index in [1.165, 1.54) is 0 Å². The van der Waals surface area contributed by atoms with Gasteiger partial charge in [-0.3, -0.25) is 4.55 Å². The van der Waals surface area contributed by atoms with Gasteiger partial charge < -0.3 is 4.55 Å². The Morgan fingerprint density at radius 3 is 1.22 bits per heavy atom. The molecule has 0 aromatic rings. The molecule has 0 spiro atoms. The third kappa shape index (κ3) is 4.25. The Kier molecular flexibility index (Phi) is 4.56. The Morgan fingerprint density at radius 2 is 1.22 bits per heavy atom. The molecule has 1 N–H and O–H groups in total. The molecule has 0 saturated heterocycles. The molecule has 50 valence electrons. The van der Waals surface area contributed by atoms with Crippen LogP contribution in [0, 0.1) is 0 Å². The van der Waals surface area contributed by atoms with Crippen molar-refractivity contribution < 1.29 is 55.5 Å². The van der Waals surface area contributed by atoms with Gasteiger partial charge in [0.1, 0.15) is 0 Å². The molecule has 0 aromatic carbocycles. The fourth-order valence-corrected chi connectivity index (χ4v) is 0. The number of hydrogen-bond acceptors (Lipinski definition) is 5. The summed E-state index contributed by atoms with van der Waals surface area (Å²) in [6, 6.07) is 0. The van der Waals surface area contributed by atoms with Crippen molar-refractivity contribution in [3.8, 4) is 0 Å². The van der Waals surface area contributed by atoms with Crippen molar-refractivity contribution >= 4 is 18.3 Å². The minimum absolute atomic E-state index is 0. The van der Waals surface area contributed by atoms with Crippen LogP contribution in [0.2, 0.25) is 0 Å². The molecule has 0 unspecified atom stereocenters. The van der Waals surface area contributed by atoms with E-state index in [2.05, 4.69) is 0 Å². The minimum atomic E-state index is -5.56. The maximum Gasteiger partial charge on any atom is 1.00 e. The van der Waals surface area contributed by atoms with Gasteiger partial charge in [-0.05, 0) is 0 Å². The average Bonchev–Trinajstić information content (AvgIpc) is 1.25. The molecule has 0 radical (unpaired) electrons. The standard InChI is InChI=1S/Na.H2O6S2/c;1-7(2,3)8(4,5)6/h;(H,1,2,3)(H,4,5,6)/q+1;/p-1. The van der Waals surface area contributed by atoms with Crippen molar-refractivity contribution in [2.75, 3.05) is 0 Å². The van der Waals surface area contributed by atoms with E-state index in [1.54, 1.807) is 0 Å². The van der Waals surface area contributed by atoms with Gasteiger partial charge in [0.25, 0.3) is 0 Å². The second kappa shape index (κ2) is 3.28. The molecule has 0 aliphatic carbocycles. The van der Waals surface area contributed by atoms with Gasteiger partial charge in [-0.2, -0.15) is 8.42 Å². The number of rotatable bonds is 1. The predicted molar refractivity (Wildman–Crippen MR) is 21.2 cm³/mol. The maximum atomic E-state index is 9.31. The first-order valence-electron chi connectivity index (χ1n) is 1.18. The van der Waals surface area contributed by atoms with E-state index >= 15 is 0 Å². The summed E-state index contributed by atoms with van der Waals surface area (Å²) in [6.45, 7) is 0. The molecule has 0 fully saturated rings. The largest absolute Gasteiger partial charge is 1.00 e. The Morgan fingerprint density at radius 1 is 1.11 bits per heavy atom. The van der Waals surface area contributed by atoms with Crippen molar-refractivity contribution in [3.63, 3.8) is 0 Å². The van der Waals surface area contributed by atoms with Crippen molar-refractivity contribution in [3.05, 3.63) is 0 Å². The van der Waals surface area contributed by atoms with Gasteiger partial charge in [0.05, 0.1) is 0 Å². The molecule has 9 heavy (non-hydrogen) atoms. The Hall–Kier alpha value is 0.820. The van der Waals surface area contributed by atoms with Crippen LogP contribution in [0.4, 0.5) is 0 Å². The summed E-state index contributed by atoms with van der Waals surface area (Å²) in [6.07, 6.45) is 0. The smallest absolute Gasteiger partial charge is 0.734 e. The zero-order valence-corrected chi connectivity index (χ0v) is 7.94. The Labute approximate surface area is 73.4 Å². The molecular formula is HNaO6S2. The molecular weight excluding hydrogens is 183 g/mol. The fraction of sp³-hybridized carbons (Fsp3) is 0. The molecule has 0 aliphatic heterocycles. The summed E-state index contributed by atoms with van der Waals surface area (Å²) in [7, 11) is -11.0. The van der Waals surface area contributed by atoms with Crippen molar-refractivity contribution in [1.82, 2.24) is 0 Å². The Bertz CT molecular complexity index is 223. The summed E-state index contributed by atoms with van der Waals surface area (Å²) < 4.78 is 53.8. The van der Waals surface area contributed by atoms with Crippen molar-refractivity contribution in [2.45, 2.75) is 0 Å². The zero-order valence-electron chi connectivity index (χ0n) is 4.30. The quantitative estimate of drug-likeness (QED) is 0.249. The van der Waals surface area contributed by atoms with E-state index in [-0.39, 0.29) is 29.6 Å². The van der Waals surface area contributed by atoms with Crippen LogP contribution in [0.5, 0.6) is 0 Å². The molecule has 0 bridgehead atoms. The normalized spacial score (nSPS) is 12.2. The summed E-state index contributed by atoms with van der Waals surface area (Å²) in [5, 5.41) is 0. The van der Waals surface area contributed by atoms with Crippen LogP contribution >= 0.6 is 0 Å². The van der Waals surface area contributed by atoms with Gasteiger partial charge >= 0.3 is 38.7 Å². The second-order valence-electron chi connectivity index (χ2n) is 0.836. The van der Waals surface area contributed by atoms with Crippen LogP contribution in [-0.2, 0) is 18.3 Å². The minimum Gasteiger partial charge on any atom is -0.734 e. The van der Waals surface area contributed by atoms with Gasteiger partial charge in [0.15, 0.2) is 0 Å². The van der Waals surface area contributed by atoms with Crippen LogP contribution in [0.3, 0.4) is 0 Å². The van der Waals surface area contributed by atoms with E-state index in [1.807, 2.05) is 0 Å². The number of hydrogen-bond donors (Lipinski definition) is 1. The molecule has 0 rings (SSSR count). The van der Waals surface area contributed by atoms with E-state index in [0.29, 0.717) is 0 Å². The Balaban J connectivity index is 0. The molecule has 0 aliphatic rings. The first kappa shape index (κ1) is 12.5.